The minimum absolute atomic E-state index is 0.225. The standard InChI is InChI=1S/C11H22N2O/c1-4-13(5-2)11(14)8-12-7-10-6-9(10)3/h9-10,12H,4-8H2,1-3H3. The van der Waals surface area contributed by atoms with Crippen molar-refractivity contribution in [2.24, 2.45) is 11.8 Å². The molecule has 1 rings (SSSR count). The quantitative estimate of drug-likeness (QED) is 0.693. The van der Waals surface area contributed by atoms with E-state index in [4.69, 9.17) is 0 Å². The van der Waals surface area contributed by atoms with Crippen LogP contribution in [0.3, 0.4) is 0 Å². The number of nitrogens with one attached hydrogen (secondary N) is 1. The van der Waals surface area contributed by atoms with Gasteiger partial charge in [0.15, 0.2) is 0 Å². The van der Waals surface area contributed by atoms with Gasteiger partial charge in [-0.2, -0.15) is 0 Å². The lowest BCUT2D eigenvalue weighted by Crippen LogP contribution is -2.38. The number of carbonyl (C=O) groups is 1. The highest BCUT2D eigenvalue weighted by molar-refractivity contribution is 5.78. The molecular formula is C11H22N2O. The molecule has 1 aliphatic carbocycles. The Hall–Kier alpha value is -0.570. The lowest BCUT2D eigenvalue weighted by Gasteiger charge is -2.18. The second-order valence-electron chi connectivity index (χ2n) is 4.17. The van der Waals surface area contributed by atoms with Gasteiger partial charge < -0.3 is 10.2 Å². The molecule has 1 saturated carbocycles. The van der Waals surface area contributed by atoms with Gasteiger partial charge in [0.05, 0.1) is 6.54 Å². The van der Waals surface area contributed by atoms with Crippen molar-refractivity contribution in [2.45, 2.75) is 27.2 Å². The molecule has 0 radical (unpaired) electrons. The Labute approximate surface area is 86.9 Å². The number of carbonyl (C=O) groups excluding carboxylic acids is 1. The number of amides is 1. The number of nitrogens with zero attached hydrogens (tertiary/aromatic N) is 1. The fourth-order valence-corrected chi connectivity index (χ4v) is 1.74. The van der Waals surface area contributed by atoms with Crippen molar-refractivity contribution in [1.82, 2.24) is 10.2 Å². The van der Waals surface area contributed by atoms with Crippen LogP contribution in [0.5, 0.6) is 0 Å². The summed E-state index contributed by atoms with van der Waals surface area (Å²) in [4.78, 5) is 13.4. The van der Waals surface area contributed by atoms with Crippen LogP contribution in [-0.2, 0) is 4.79 Å². The zero-order valence-corrected chi connectivity index (χ0v) is 9.55. The molecule has 1 N–H and O–H groups in total. The summed E-state index contributed by atoms with van der Waals surface area (Å²) in [5, 5.41) is 3.24. The van der Waals surface area contributed by atoms with E-state index in [2.05, 4.69) is 12.2 Å². The van der Waals surface area contributed by atoms with Crippen molar-refractivity contribution in [3.05, 3.63) is 0 Å². The first-order valence-electron chi connectivity index (χ1n) is 5.67. The number of hydrogen-bond acceptors (Lipinski definition) is 2. The van der Waals surface area contributed by atoms with Gasteiger partial charge in [-0.05, 0) is 38.6 Å². The molecule has 0 aromatic heterocycles. The van der Waals surface area contributed by atoms with Crippen LogP contribution in [0.4, 0.5) is 0 Å². The third-order valence-corrected chi connectivity index (χ3v) is 3.08. The minimum atomic E-state index is 0.225. The second-order valence-corrected chi connectivity index (χ2v) is 4.17. The summed E-state index contributed by atoms with van der Waals surface area (Å²) in [6, 6.07) is 0. The van der Waals surface area contributed by atoms with Crippen molar-refractivity contribution in [3.8, 4) is 0 Å². The smallest absolute Gasteiger partial charge is 0.236 e. The topological polar surface area (TPSA) is 32.3 Å². The molecule has 1 aliphatic rings. The molecule has 0 aliphatic heterocycles. The van der Waals surface area contributed by atoms with Gasteiger partial charge >= 0.3 is 0 Å². The van der Waals surface area contributed by atoms with Gasteiger partial charge in [0, 0.05) is 13.1 Å². The summed E-state index contributed by atoms with van der Waals surface area (Å²) in [5.41, 5.74) is 0. The molecule has 0 aromatic rings. The summed E-state index contributed by atoms with van der Waals surface area (Å²) < 4.78 is 0. The molecule has 3 nitrogen and oxygen atoms in total. The first kappa shape index (κ1) is 11.5. The summed E-state index contributed by atoms with van der Waals surface area (Å²) in [7, 11) is 0. The van der Waals surface area contributed by atoms with Crippen LogP contribution in [0.1, 0.15) is 27.2 Å². The Morgan fingerprint density at radius 2 is 2.00 bits per heavy atom. The average Bonchev–Trinajstić information content (AvgIpc) is 2.84. The molecule has 0 aromatic carbocycles. The number of hydrogen-bond donors (Lipinski definition) is 1. The summed E-state index contributed by atoms with van der Waals surface area (Å²) in [6.45, 7) is 9.44. The monoisotopic (exact) mass is 198 g/mol. The molecular weight excluding hydrogens is 176 g/mol. The zero-order valence-electron chi connectivity index (χ0n) is 9.55. The highest BCUT2D eigenvalue weighted by Gasteiger charge is 2.31. The second kappa shape index (κ2) is 5.35. The number of likely N-dealkylation sites (N-methyl/N-ethyl adjacent to an activating group) is 1. The van der Waals surface area contributed by atoms with E-state index >= 15 is 0 Å². The lowest BCUT2D eigenvalue weighted by atomic mass is 10.3. The highest BCUT2D eigenvalue weighted by Crippen LogP contribution is 2.36. The van der Waals surface area contributed by atoms with Crippen LogP contribution in [0.25, 0.3) is 0 Å². The van der Waals surface area contributed by atoms with E-state index in [9.17, 15) is 4.79 Å². The Morgan fingerprint density at radius 1 is 1.43 bits per heavy atom. The Kier molecular flexibility index (Phi) is 4.39. The fraction of sp³-hybridized carbons (Fsp3) is 0.909. The van der Waals surface area contributed by atoms with E-state index in [1.54, 1.807) is 0 Å². The van der Waals surface area contributed by atoms with Crippen LogP contribution in [0.15, 0.2) is 0 Å². The Morgan fingerprint density at radius 3 is 2.43 bits per heavy atom. The molecule has 0 saturated heterocycles. The maximum Gasteiger partial charge on any atom is 0.236 e. The maximum absolute atomic E-state index is 11.6. The van der Waals surface area contributed by atoms with Crippen LogP contribution < -0.4 is 5.32 Å². The molecule has 0 spiro atoms. The van der Waals surface area contributed by atoms with Gasteiger partial charge in [-0.1, -0.05) is 6.92 Å². The van der Waals surface area contributed by atoms with E-state index in [1.807, 2.05) is 18.7 Å². The first-order chi connectivity index (χ1) is 6.69. The van der Waals surface area contributed by atoms with Crippen LogP contribution >= 0.6 is 0 Å². The minimum Gasteiger partial charge on any atom is -0.342 e. The molecule has 3 heteroatoms. The average molecular weight is 198 g/mol. The van der Waals surface area contributed by atoms with E-state index in [-0.39, 0.29) is 5.91 Å². The third kappa shape index (κ3) is 3.29. The predicted molar refractivity (Wildman–Crippen MR) is 58.1 cm³/mol. The van der Waals surface area contributed by atoms with E-state index in [0.29, 0.717) is 6.54 Å². The van der Waals surface area contributed by atoms with Crippen molar-refractivity contribution in [3.63, 3.8) is 0 Å². The molecule has 2 unspecified atom stereocenters. The fourth-order valence-electron chi connectivity index (χ4n) is 1.74. The Balaban J connectivity index is 2.07. The van der Waals surface area contributed by atoms with Crippen molar-refractivity contribution in [1.29, 1.82) is 0 Å². The van der Waals surface area contributed by atoms with Gasteiger partial charge in [0.25, 0.3) is 0 Å². The van der Waals surface area contributed by atoms with E-state index in [1.165, 1.54) is 6.42 Å². The van der Waals surface area contributed by atoms with Crippen molar-refractivity contribution in [2.75, 3.05) is 26.2 Å². The molecule has 0 bridgehead atoms. The van der Waals surface area contributed by atoms with Crippen LogP contribution in [0, 0.1) is 11.8 Å². The summed E-state index contributed by atoms with van der Waals surface area (Å²) >= 11 is 0. The van der Waals surface area contributed by atoms with Crippen molar-refractivity contribution < 1.29 is 4.79 Å². The lowest BCUT2D eigenvalue weighted by molar-refractivity contribution is -0.129. The SMILES string of the molecule is CCN(CC)C(=O)CNCC1CC1C. The van der Waals surface area contributed by atoms with Gasteiger partial charge in [-0.15, -0.1) is 0 Å². The predicted octanol–water partition coefficient (Wildman–Crippen LogP) is 1.10. The first-order valence-corrected chi connectivity index (χ1v) is 5.67. The van der Waals surface area contributed by atoms with Gasteiger partial charge in [0.2, 0.25) is 5.91 Å². The molecule has 1 fully saturated rings. The summed E-state index contributed by atoms with van der Waals surface area (Å²) in [5.74, 6) is 1.91. The number of rotatable bonds is 6. The highest BCUT2D eigenvalue weighted by atomic mass is 16.2. The van der Waals surface area contributed by atoms with Gasteiger partial charge in [-0.25, -0.2) is 0 Å². The maximum atomic E-state index is 11.6. The molecule has 14 heavy (non-hydrogen) atoms. The van der Waals surface area contributed by atoms with Gasteiger partial charge in [0.1, 0.15) is 0 Å². The molecule has 2 atom stereocenters. The molecule has 0 heterocycles. The zero-order chi connectivity index (χ0) is 10.6. The third-order valence-electron chi connectivity index (χ3n) is 3.08. The van der Waals surface area contributed by atoms with E-state index in [0.717, 1.165) is 31.5 Å². The summed E-state index contributed by atoms with van der Waals surface area (Å²) in [6.07, 6.45) is 1.33. The van der Waals surface area contributed by atoms with Crippen LogP contribution in [-0.4, -0.2) is 37.0 Å². The van der Waals surface area contributed by atoms with Gasteiger partial charge in [-0.3, -0.25) is 4.79 Å². The largest absolute Gasteiger partial charge is 0.342 e. The van der Waals surface area contributed by atoms with E-state index < -0.39 is 0 Å². The Bertz CT molecular complexity index is 190. The molecule has 1 amide bonds. The normalized spacial score (nSPS) is 24.8. The molecule has 82 valence electrons. The van der Waals surface area contributed by atoms with Crippen LogP contribution in [0.2, 0.25) is 0 Å². The van der Waals surface area contributed by atoms with Crippen molar-refractivity contribution >= 4 is 5.91 Å².